The number of hydrogen-bond donors (Lipinski definition) is 1. The first kappa shape index (κ1) is 25.4. The average molecular weight is 541 g/mol. The van der Waals surface area contributed by atoms with Gasteiger partial charge in [0.15, 0.2) is 11.2 Å². The lowest BCUT2D eigenvalue weighted by atomic mass is 10.00. The Hall–Kier alpha value is -3.24. The van der Waals surface area contributed by atoms with Crippen LogP contribution < -0.4 is 14.9 Å². The Morgan fingerprint density at radius 2 is 1.84 bits per heavy atom. The molecule has 1 saturated heterocycles. The maximum Gasteiger partial charge on any atom is 0.262 e. The van der Waals surface area contributed by atoms with Crippen molar-refractivity contribution in [3.63, 3.8) is 0 Å². The van der Waals surface area contributed by atoms with Crippen LogP contribution in [0.4, 0.5) is 0 Å². The molecule has 0 spiro atoms. The van der Waals surface area contributed by atoms with Gasteiger partial charge in [0.1, 0.15) is 22.6 Å². The van der Waals surface area contributed by atoms with E-state index < -0.39 is 16.1 Å². The summed E-state index contributed by atoms with van der Waals surface area (Å²) in [4.78, 5) is 17.4. The van der Waals surface area contributed by atoms with Crippen LogP contribution in [0.3, 0.4) is 0 Å². The van der Waals surface area contributed by atoms with Crippen molar-refractivity contribution in [2.75, 3.05) is 13.2 Å². The molecule has 0 saturated carbocycles. The zero-order valence-corrected chi connectivity index (χ0v) is 22.0. The molecule has 1 fully saturated rings. The zero-order valence-electron chi connectivity index (χ0n) is 20.4. The molecule has 0 aliphatic carbocycles. The zero-order chi connectivity index (χ0) is 26.3. The first-order chi connectivity index (χ1) is 17.6. The van der Waals surface area contributed by atoms with Gasteiger partial charge in [0, 0.05) is 16.7 Å². The Morgan fingerprint density at radius 1 is 1.11 bits per heavy atom. The van der Waals surface area contributed by atoms with Crippen molar-refractivity contribution in [2.45, 2.75) is 37.9 Å². The van der Waals surface area contributed by atoms with Gasteiger partial charge in [-0.1, -0.05) is 41.9 Å². The van der Waals surface area contributed by atoms with Gasteiger partial charge in [-0.3, -0.25) is 4.79 Å². The van der Waals surface area contributed by atoms with Crippen molar-refractivity contribution < 1.29 is 22.3 Å². The highest BCUT2D eigenvalue weighted by Crippen LogP contribution is 2.34. The summed E-state index contributed by atoms with van der Waals surface area (Å²) < 4.78 is 46.2. The molecular weight excluding hydrogens is 516 g/mol. The van der Waals surface area contributed by atoms with Gasteiger partial charge < -0.3 is 13.9 Å². The van der Waals surface area contributed by atoms with Crippen LogP contribution in [0.15, 0.2) is 68.8 Å². The van der Waals surface area contributed by atoms with Crippen LogP contribution in [0.5, 0.6) is 5.75 Å². The second-order valence-electron chi connectivity index (χ2n) is 9.04. The Balaban J connectivity index is 1.59. The molecule has 8 nitrogen and oxygen atoms in total. The highest BCUT2D eigenvalue weighted by atomic mass is 35.5. The van der Waals surface area contributed by atoms with Crippen LogP contribution in [-0.4, -0.2) is 32.7 Å². The van der Waals surface area contributed by atoms with E-state index in [1.54, 1.807) is 19.9 Å². The number of ether oxygens (including phenoxy) is 2. The summed E-state index contributed by atoms with van der Waals surface area (Å²) in [5, 5.41) is 0.120. The highest BCUT2D eigenvalue weighted by molar-refractivity contribution is 7.89. The Bertz CT molecular complexity index is 1650. The lowest BCUT2D eigenvalue weighted by Crippen LogP contribution is -2.48. The molecule has 1 aliphatic rings. The van der Waals surface area contributed by atoms with Gasteiger partial charge in [-0.25, -0.2) is 18.1 Å². The summed E-state index contributed by atoms with van der Waals surface area (Å²) in [6.07, 6.45) is -0.694. The molecule has 2 aromatic heterocycles. The van der Waals surface area contributed by atoms with Crippen molar-refractivity contribution in [1.29, 1.82) is 0 Å². The number of benzene rings is 2. The van der Waals surface area contributed by atoms with Crippen LogP contribution in [0.2, 0.25) is 5.15 Å². The summed E-state index contributed by atoms with van der Waals surface area (Å²) in [7, 11) is -4.03. The van der Waals surface area contributed by atoms with E-state index >= 15 is 0 Å². The summed E-state index contributed by atoms with van der Waals surface area (Å²) in [5.41, 5.74) is 2.96. The summed E-state index contributed by atoms with van der Waals surface area (Å²) >= 11 is 6.03. The van der Waals surface area contributed by atoms with E-state index in [9.17, 15) is 13.2 Å². The van der Waals surface area contributed by atoms with Gasteiger partial charge >= 0.3 is 0 Å². The number of halogens is 1. The molecule has 0 unspecified atom stereocenters. The molecule has 5 rings (SSSR count). The van der Waals surface area contributed by atoms with E-state index in [2.05, 4.69) is 9.71 Å². The largest absolute Gasteiger partial charge is 0.483 e. The van der Waals surface area contributed by atoms with Crippen molar-refractivity contribution in [3.8, 4) is 17.1 Å². The van der Waals surface area contributed by atoms with Gasteiger partial charge in [-0.2, -0.15) is 0 Å². The van der Waals surface area contributed by atoms with Gasteiger partial charge in [0.25, 0.3) is 10.0 Å². The van der Waals surface area contributed by atoms with Gasteiger partial charge in [-0.05, 0) is 50.6 Å². The lowest BCUT2D eigenvalue weighted by Gasteiger charge is -2.27. The number of nitrogens with zero attached hydrogens (tertiary/aromatic N) is 1. The molecule has 0 bridgehead atoms. The minimum atomic E-state index is -4.03. The molecule has 37 heavy (non-hydrogen) atoms. The van der Waals surface area contributed by atoms with E-state index in [1.807, 2.05) is 43.3 Å². The number of nitrogens with one attached hydrogen (secondary N) is 1. The summed E-state index contributed by atoms with van der Waals surface area (Å²) in [5.74, 6) is 0.496. The molecule has 0 amide bonds. The first-order valence-corrected chi connectivity index (χ1v) is 13.6. The second kappa shape index (κ2) is 9.90. The van der Waals surface area contributed by atoms with Crippen LogP contribution >= 0.6 is 11.6 Å². The third kappa shape index (κ3) is 5.00. The van der Waals surface area contributed by atoms with E-state index in [-0.39, 0.29) is 40.6 Å². The molecule has 0 radical (unpaired) electrons. The molecule has 1 aliphatic heterocycles. The molecule has 3 heterocycles. The number of aryl methyl sites for hydroxylation is 1. The van der Waals surface area contributed by atoms with Crippen molar-refractivity contribution in [1.82, 2.24) is 9.71 Å². The van der Waals surface area contributed by atoms with Crippen LogP contribution in [0.1, 0.15) is 29.7 Å². The minimum absolute atomic E-state index is 0.0141. The minimum Gasteiger partial charge on any atom is -0.483 e. The number of aromatic nitrogens is 1. The summed E-state index contributed by atoms with van der Waals surface area (Å²) in [6, 6.07) is 15.6. The molecule has 1 atom stereocenters. The Morgan fingerprint density at radius 3 is 2.51 bits per heavy atom. The fourth-order valence-corrected chi connectivity index (χ4v) is 5.74. The van der Waals surface area contributed by atoms with E-state index in [0.29, 0.717) is 27.9 Å². The topological polar surface area (TPSA) is 108 Å². The average Bonchev–Trinajstić information content (AvgIpc) is 2.85. The van der Waals surface area contributed by atoms with E-state index in [4.69, 9.17) is 25.5 Å². The molecular formula is C27H25ClN2O6S. The van der Waals surface area contributed by atoms with Crippen LogP contribution in [0.25, 0.3) is 22.3 Å². The molecule has 2 aromatic carbocycles. The van der Waals surface area contributed by atoms with Crippen molar-refractivity contribution >= 4 is 32.6 Å². The first-order valence-electron chi connectivity index (χ1n) is 11.7. The monoisotopic (exact) mass is 540 g/mol. The fraction of sp³-hybridized carbons (Fsp3) is 0.259. The SMILES string of the molecule is Cc1cc([C@@H](C)Oc2ccc(Cl)nc2S(=O)(=O)NC2COC2)c2oc(-c3ccccc3)c(C)c(=O)c2c1. The number of pyridine rings is 1. The smallest absolute Gasteiger partial charge is 0.262 e. The third-order valence-corrected chi connectivity index (χ3v) is 7.83. The predicted octanol–water partition coefficient (Wildman–Crippen LogP) is 4.94. The maximum absolute atomic E-state index is 13.3. The predicted molar refractivity (Wildman–Crippen MR) is 141 cm³/mol. The summed E-state index contributed by atoms with van der Waals surface area (Å²) in [6.45, 7) is 5.94. The number of rotatable bonds is 7. The standard InChI is InChI=1S/C27H25ClN2O6S/c1-15-11-20(26-21(12-15)24(31)16(2)25(36-26)18-7-5-4-6-8-18)17(3)35-22-9-10-23(28)29-27(22)37(32,33)30-19-13-34-14-19/h4-12,17,19,30H,13-14H2,1-3H3/t17-/m1/s1. The normalized spacial score (nSPS) is 14.9. The molecule has 192 valence electrons. The Labute approximate surface area is 219 Å². The lowest BCUT2D eigenvalue weighted by molar-refractivity contribution is 0.00477. The van der Waals surface area contributed by atoms with Crippen molar-refractivity contribution in [3.05, 3.63) is 86.7 Å². The van der Waals surface area contributed by atoms with Crippen LogP contribution in [0, 0.1) is 13.8 Å². The Kier molecular flexibility index (Phi) is 6.80. The van der Waals surface area contributed by atoms with E-state index in [1.165, 1.54) is 12.1 Å². The molecule has 1 N–H and O–H groups in total. The van der Waals surface area contributed by atoms with Crippen LogP contribution in [-0.2, 0) is 14.8 Å². The van der Waals surface area contributed by atoms with Gasteiger partial charge in [0.2, 0.25) is 5.03 Å². The fourth-order valence-electron chi connectivity index (χ4n) is 4.25. The second-order valence-corrected chi connectivity index (χ2v) is 11.1. The molecule has 10 heteroatoms. The number of hydrogen-bond acceptors (Lipinski definition) is 7. The van der Waals surface area contributed by atoms with Crippen molar-refractivity contribution in [2.24, 2.45) is 0 Å². The van der Waals surface area contributed by atoms with E-state index in [0.717, 1.165) is 11.1 Å². The molecule has 4 aromatic rings. The van der Waals surface area contributed by atoms with Gasteiger partial charge in [-0.15, -0.1) is 0 Å². The quantitative estimate of drug-likeness (QED) is 0.331. The highest BCUT2D eigenvalue weighted by Gasteiger charge is 2.30. The number of fused-ring (bicyclic) bond motifs is 1. The third-order valence-electron chi connectivity index (χ3n) is 6.18. The number of sulfonamides is 1. The maximum atomic E-state index is 13.3. The van der Waals surface area contributed by atoms with Gasteiger partial charge in [0.05, 0.1) is 24.6 Å².